The third-order valence-electron chi connectivity index (χ3n) is 2.73. The number of aliphatic carboxylic acids is 1. The van der Waals surface area contributed by atoms with Gasteiger partial charge in [-0.2, -0.15) is 0 Å². The molecular formula is C12H17NO2. The average Bonchev–Trinajstić information content (AvgIpc) is 2.16. The van der Waals surface area contributed by atoms with Crippen molar-refractivity contribution in [2.24, 2.45) is 11.1 Å². The van der Waals surface area contributed by atoms with Gasteiger partial charge in [-0.25, -0.2) is 0 Å². The normalized spacial score (nSPS) is 13.6. The Morgan fingerprint density at radius 2 is 2.07 bits per heavy atom. The maximum atomic E-state index is 11.0. The standard InChI is InChI=1S/C12H17NO2/c1-8-5-4-6-9(7-8)10(13)12(2,3)11(14)15/h4-7,10H,13H2,1-3H3,(H,14,15). The van der Waals surface area contributed by atoms with Gasteiger partial charge in [0.05, 0.1) is 5.41 Å². The number of nitrogens with two attached hydrogens (primary N) is 1. The van der Waals surface area contributed by atoms with Gasteiger partial charge < -0.3 is 10.8 Å². The Morgan fingerprint density at radius 3 is 2.53 bits per heavy atom. The zero-order chi connectivity index (χ0) is 11.6. The van der Waals surface area contributed by atoms with E-state index in [0.29, 0.717) is 0 Å². The molecule has 15 heavy (non-hydrogen) atoms. The maximum Gasteiger partial charge on any atom is 0.311 e. The van der Waals surface area contributed by atoms with Crippen LogP contribution in [0.5, 0.6) is 0 Å². The van der Waals surface area contributed by atoms with Gasteiger partial charge in [-0.15, -0.1) is 0 Å². The van der Waals surface area contributed by atoms with Crippen molar-refractivity contribution in [2.45, 2.75) is 26.8 Å². The molecule has 1 atom stereocenters. The van der Waals surface area contributed by atoms with E-state index in [0.717, 1.165) is 11.1 Å². The minimum Gasteiger partial charge on any atom is -0.481 e. The molecule has 1 rings (SSSR count). The molecule has 1 aromatic rings. The van der Waals surface area contributed by atoms with Gasteiger partial charge in [0.1, 0.15) is 0 Å². The van der Waals surface area contributed by atoms with E-state index in [1.54, 1.807) is 13.8 Å². The summed E-state index contributed by atoms with van der Waals surface area (Å²) >= 11 is 0. The molecule has 3 N–H and O–H groups in total. The van der Waals surface area contributed by atoms with Crippen LogP contribution in [0.3, 0.4) is 0 Å². The molecule has 0 aromatic heterocycles. The van der Waals surface area contributed by atoms with Crippen LogP contribution in [0.25, 0.3) is 0 Å². The molecule has 0 heterocycles. The molecular weight excluding hydrogens is 190 g/mol. The lowest BCUT2D eigenvalue weighted by Crippen LogP contribution is -2.36. The Balaban J connectivity index is 3.04. The van der Waals surface area contributed by atoms with E-state index in [2.05, 4.69) is 0 Å². The summed E-state index contributed by atoms with van der Waals surface area (Å²) in [6, 6.07) is 7.15. The lowest BCUT2D eigenvalue weighted by Gasteiger charge is -2.27. The molecule has 0 saturated carbocycles. The Kier molecular flexibility index (Phi) is 3.15. The topological polar surface area (TPSA) is 63.3 Å². The molecule has 0 aliphatic carbocycles. The van der Waals surface area contributed by atoms with E-state index in [9.17, 15) is 4.79 Å². The molecule has 0 bridgehead atoms. The van der Waals surface area contributed by atoms with Crippen LogP contribution >= 0.6 is 0 Å². The number of hydrogen-bond donors (Lipinski definition) is 2. The van der Waals surface area contributed by atoms with E-state index in [1.807, 2.05) is 31.2 Å². The van der Waals surface area contributed by atoms with Crippen molar-refractivity contribution in [1.29, 1.82) is 0 Å². The monoisotopic (exact) mass is 207 g/mol. The summed E-state index contributed by atoms with van der Waals surface area (Å²) in [4.78, 5) is 11.0. The summed E-state index contributed by atoms with van der Waals surface area (Å²) in [6.07, 6.45) is 0. The molecule has 0 aliphatic rings. The van der Waals surface area contributed by atoms with Gasteiger partial charge >= 0.3 is 5.97 Å². The summed E-state index contributed by atoms with van der Waals surface area (Å²) in [5, 5.41) is 9.06. The van der Waals surface area contributed by atoms with Crippen LogP contribution in [0.2, 0.25) is 0 Å². The van der Waals surface area contributed by atoms with Gasteiger partial charge in [-0.3, -0.25) is 4.79 Å². The zero-order valence-electron chi connectivity index (χ0n) is 9.32. The Labute approximate surface area is 89.9 Å². The van der Waals surface area contributed by atoms with E-state index in [-0.39, 0.29) is 0 Å². The van der Waals surface area contributed by atoms with Crippen molar-refractivity contribution in [3.8, 4) is 0 Å². The Bertz CT molecular complexity index is 372. The van der Waals surface area contributed by atoms with Crippen molar-refractivity contribution in [3.63, 3.8) is 0 Å². The first-order valence-corrected chi connectivity index (χ1v) is 4.91. The number of carboxylic acids is 1. The predicted octanol–water partition coefficient (Wildman–Crippen LogP) is 2.11. The number of rotatable bonds is 3. The number of benzene rings is 1. The molecule has 0 amide bonds. The molecule has 1 unspecified atom stereocenters. The number of carboxylic acid groups (broad SMARTS) is 1. The summed E-state index contributed by atoms with van der Waals surface area (Å²) in [6.45, 7) is 5.24. The number of carbonyl (C=O) groups is 1. The van der Waals surface area contributed by atoms with Crippen molar-refractivity contribution >= 4 is 5.97 Å². The summed E-state index contributed by atoms with van der Waals surface area (Å²) < 4.78 is 0. The van der Waals surface area contributed by atoms with Gasteiger partial charge in [0.2, 0.25) is 0 Å². The van der Waals surface area contributed by atoms with Crippen molar-refractivity contribution < 1.29 is 9.90 Å². The maximum absolute atomic E-state index is 11.0. The largest absolute Gasteiger partial charge is 0.481 e. The molecule has 3 nitrogen and oxygen atoms in total. The van der Waals surface area contributed by atoms with E-state index in [1.165, 1.54) is 0 Å². The van der Waals surface area contributed by atoms with Crippen molar-refractivity contribution in [1.82, 2.24) is 0 Å². The second-order valence-electron chi connectivity index (χ2n) is 4.42. The quantitative estimate of drug-likeness (QED) is 0.797. The molecule has 0 saturated heterocycles. The first-order valence-electron chi connectivity index (χ1n) is 4.91. The fraction of sp³-hybridized carbons (Fsp3) is 0.417. The Morgan fingerprint density at radius 1 is 1.47 bits per heavy atom. The number of aryl methyl sites for hydroxylation is 1. The zero-order valence-corrected chi connectivity index (χ0v) is 9.32. The summed E-state index contributed by atoms with van der Waals surface area (Å²) in [7, 11) is 0. The van der Waals surface area contributed by atoms with Crippen LogP contribution in [0.4, 0.5) is 0 Å². The van der Waals surface area contributed by atoms with Gasteiger partial charge in [0.15, 0.2) is 0 Å². The van der Waals surface area contributed by atoms with E-state index in [4.69, 9.17) is 10.8 Å². The molecule has 0 fully saturated rings. The van der Waals surface area contributed by atoms with Crippen molar-refractivity contribution in [2.75, 3.05) is 0 Å². The van der Waals surface area contributed by atoms with E-state index < -0.39 is 17.4 Å². The highest BCUT2D eigenvalue weighted by Gasteiger charge is 2.35. The van der Waals surface area contributed by atoms with Gasteiger partial charge in [0.25, 0.3) is 0 Å². The molecule has 3 heteroatoms. The van der Waals surface area contributed by atoms with Crippen LogP contribution in [-0.2, 0) is 4.79 Å². The third-order valence-corrected chi connectivity index (χ3v) is 2.73. The minimum atomic E-state index is -0.951. The minimum absolute atomic E-state index is 0.491. The second kappa shape index (κ2) is 4.03. The predicted molar refractivity (Wildman–Crippen MR) is 59.5 cm³/mol. The van der Waals surface area contributed by atoms with Crippen LogP contribution < -0.4 is 5.73 Å². The second-order valence-corrected chi connectivity index (χ2v) is 4.42. The fourth-order valence-electron chi connectivity index (χ4n) is 1.41. The first-order chi connectivity index (χ1) is 6.85. The highest BCUT2D eigenvalue weighted by atomic mass is 16.4. The molecule has 0 radical (unpaired) electrons. The molecule has 0 aliphatic heterocycles. The smallest absolute Gasteiger partial charge is 0.311 e. The first kappa shape index (κ1) is 11.7. The molecule has 82 valence electrons. The molecule has 0 spiro atoms. The van der Waals surface area contributed by atoms with Crippen LogP contribution in [0, 0.1) is 12.3 Å². The van der Waals surface area contributed by atoms with Crippen LogP contribution in [0.1, 0.15) is 31.0 Å². The SMILES string of the molecule is Cc1cccc(C(N)C(C)(C)C(=O)O)c1. The van der Waals surface area contributed by atoms with E-state index >= 15 is 0 Å². The van der Waals surface area contributed by atoms with Gasteiger partial charge in [0, 0.05) is 6.04 Å². The van der Waals surface area contributed by atoms with Gasteiger partial charge in [-0.05, 0) is 26.3 Å². The van der Waals surface area contributed by atoms with Gasteiger partial charge in [-0.1, -0.05) is 29.8 Å². The van der Waals surface area contributed by atoms with Crippen LogP contribution in [-0.4, -0.2) is 11.1 Å². The summed E-state index contributed by atoms with van der Waals surface area (Å²) in [5.74, 6) is -0.878. The molecule has 1 aromatic carbocycles. The lowest BCUT2D eigenvalue weighted by molar-refractivity contribution is -0.148. The number of hydrogen-bond acceptors (Lipinski definition) is 2. The lowest BCUT2D eigenvalue weighted by atomic mass is 9.81. The van der Waals surface area contributed by atoms with Crippen LogP contribution in [0.15, 0.2) is 24.3 Å². The highest BCUT2D eigenvalue weighted by Crippen LogP contribution is 2.31. The highest BCUT2D eigenvalue weighted by molar-refractivity contribution is 5.75. The Hall–Kier alpha value is -1.35. The van der Waals surface area contributed by atoms with Crippen molar-refractivity contribution in [3.05, 3.63) is 35.4 Å². The third kappa shape index (κ3) is 2.36. The summed E-state index contributed by atoms with van der Waals surface area (Å²) in [5.41, 5.74) is 6.96. The average molecular weight is 207 g/mol. The fourth-order valence-corrected chi connectivity index (χ4v) is 1.41.